The highest BCUT2D eigenvalue weighted by molar-refractivity contribution is 5.87. The van der Waals surface area contributed by atoms with Gasteiger partial charge in [0.1, 0.15) is 0 Å². The molecule has 0 spiro atoms. The Morgan fingerprint density at radius 3 is 2.65 bits per heavy atom. The molecule has 1 aliphatic rings. The normalized spacial score (nSPS) is 24.1. The topological polar surface area (TPSA) is 32.3 Å². The molecule has 1 rings (SSSR count). The van der Waals surface area contributed by atoms with Crippen LogP contribution < -0.4 is 5.32 Å². The van der Waals surface area contributed by atoms with Crippen LogP contribution in [0.1, 0.15) is 34.1 Å². The number of amides is 1. The first-order valence-electron chi connectivity index (χ1n) is 6.27. The molecule has 0 aromatic carbocycles. The Labute approximate surface area is 105 Å². The van der Waals surface area contributed by atoms with E-state index < -0.39 is 0 Å². The third-order valence-electron chi connectivity index (χ3n) is 3.24. The lowest BCUT2D eigenvalue weighted by Crippen LogP contribution is -2.68. The van der Waals surface area contributed by atoms with Gasteiger partial charge in [0.2, 0.25) is 5.91 Å². The van der Waals surface area contributed by atoms with Crippen molar-refractivity contribution in [2.75, 3.05) is 6.54 Å². The number of hydrogen-bond acceptors (Lipinski definition) is 2. The maximum atomic E-state index is 11.3. The van der Waals surface area contributed by atoms with Gasteiger partial charge in [0.15, 0.2) is 0 Å². The van der Waals surface area contributed by atoms with Crippen molar-refractivity contribution in [3.05, 3.63) is 24.3 Å². The van der Waals surface area contributed by atoms with Crippen molar-refractivity contribution in [2.24, 2.45) is 0 Å². The summed E-state index contributed by atoms with van der Waals surface area (Å²) >= 11 is 0. The first-order chi connectivity index (χ1) is 7.95. The Hall–Kier alpha value is -1.09. The lowest BCUT2D eigenvalue weighted by molar-refractivity contribution is -0.119. The summed E-state index contributed by atoms with van der Waals surface area (Å²) in [5.74, 6) is -0.0689. The lowest BCUT2D eigenvalue weighted by Gasteiger charge is -2.50. The van der Waals surface area contributed by atoms with Gasteiger partial charge < -0.3 is 5.32 Å². The zero-order valence-corrected chi connectivity index (χ0v) is 11.4. The van der Waals surface area contributed by atoms with E-state index in [1.165, 1.54) is 11.6 Å². The zero-order chi connectivity index (χ0) is 13.0. The van der Waals surface area contributed by atoms with Crippen molar-refractivity contribution in [1.82, 2.24) is 10.2 Å². The van der Waals surface area contributed by atoms with Crippen molar-refractivity contribution < 1.29 is 4.79 Å². The highest BCUT2D eigenvalue weighted by atomic mass is 16.1. The molecule has 3 nitrogen and oxygen atoms in total. The Kier molecular flexibility index (Phi) is 4.94. The van der Waals surface area contributed by atoms with Gasteiger partial charge in [-0.2, -0.15) is 0 Å². The summed E-state index contributed by atoms with van der Waals surface area (Å²) in [6.45, 7) is 13.0. The number of rotatable bonds is 5. The maximum Gasteiger partial charge on any atom is 0.243 e. The van der Waals surface area contributed by atoms with Crippen LogP contribution in [0.5, 0.6) is 0 Å². The fourth-order valence-corrected chi connectivity index (χ4v) is 2.21. The fourth-order valence-electron chi connectivity index (χ4n) is 2.21. The number of nitrogens with zero attached hydrogens (tertiary/aromatic N) is 1. The molecular weight excluding hydrogens is 212 g/mol. The van der Waals surface area contributed by atoms with Crippen molar-refractivity contribution in [1.29, 1.82) is 0 Å². The summed E-state index contributed by atoms with van der Waals surface area (Å²) < 4.78 is 0. The van der Waals surface area contributed by atoms with E-state index in [9.17, 15) is 4.79 Å². The van der Waals surface area contributed by atoms with Crippen molar-refractivity contribution >= 4 is 5.91 Å². The minimum atomic E-state index is -0.0689. The molecule has 1 N–H and O–H groups in total. The average Bonchev–Trinajstić information content (AvgIpc) is 2.22. The van der Waals surface area contributed by atoms with E-state index >= 15 is 0 Å². The van der Waals surface area contributed by atoms with E-state index in [2.05, 4.69) is 50.6 Å². The van der Waals surface area contributed by atoms with Crippen LogP contribution in [-0.2, 0) is 4.79 Å². The minimum absolute atomic E-state index is 0.0689. The molecule has 17 heavy (non-hydrogen) atoms. The molecule has 2 unspecified atom stereocenters. The van der Waals surface area contributed by atoms with Crippen molar-refractivity contribution in [2.45, 2.75) is 52.2 Å². The molecule has 0 aromatic heterocycles. The van der Waals surface area contributed by atoms with E-state index in [1.807, 2.05) is 0 Å². The fraction of sp³-hybridized carbons (Fsp3) is 0.643. The molecule has 2 atom stereocenters. The van der Waals surface area contributed by atoms with E-state index in [-0.39, 0.29) is 11.9 Å². The Bertz CT molecular complexity index is 316. The summed E-state index contributed by atoms with van der Waals surface area (Å²) in [6.07, 6.45) is 4.59. The van der Waals surface area contributed by atoms with Crippen LogP contribution in [0.15, 0.2) is 24.3 Å². The quantitative estimate of drug-likeness (QED) is 0.585. The summed E-state index contributed by atoms with van der Waals surface area (Å²) in [5, 5.41) is 3.00. The average molecular weight is 236 g/mol. The van der Waals surface area contributed by atoms with Gasteiger partial charge in [-0.1, -0.05) is 18.2 Å². The van der Waals surface area contributed by atoms with Crippen LogP contribution in [-0.4, -0.2) is 35.5 Å². The first kappa shape index (κ1) is 14.0. The van der Waals surface area contributed by atoms with Gasteiger partial charge in [-0.05, 0) is 40.2 Å². The third kappa shape index (κ3) is 3.70. The molecule has 0 saturated carbocycles. The van der Waals surface area contributed by atoms with Crippen LogP contribution in [0.4, 0.5) is 0 Å². The summed E-state index contributed by atoms with van der Waals surface area (Å²) in [7, 11) is 0. The van der Waals surface area contributed by atoms with Crippen molar-refractivity contribution in [3.8, 4) is 0 Å². The standard InChI is InChI=1S/C14H24N2O/c1-6-14(17)15-12-9-16(11(4)5)13(12)8-7-10(2)3/h6-7,11-13H,1,8-9H2,2-5H3,(H,15,17). The molecule has 1 saturated heterocycles. The van der Waals surface area contributed by atoms with Gasteiger partial charge in [-0.3, -0.25) is 9.69 Å². The van der Waals surface area contributed by atoms with Crippen LogP contribution in [0.3, 0.4) is 0 Å². The molecule has 0 aromatic rings. The van der Waals surface area contributed by atoms with Gasteiger partial charge >= 0.3 is 0 Å². The van der Waals surface area contributed by atoms with Crippen LogP contribution in [0.25, 0.3) is 0 Å². The number of hydrogen-bond donors (Lipinski definition) is 1. The number of likely N-dealkylation sites (tertiary alicyclic amines) is 1. The number of carbonyl (C=O) groups is 1. The van der Waals surface area contributed by atoms with Gasteiger partial charge in [0.25, 0.3) is 0 Å². The predicted molar refractivity (Wildman–Crippen MR) is 71.8 cm³/mol. The largest absolute Gasteiger partial charge is 0.347 e. The SMILES string of the molecule is C=CC(=O)NC1CN(C(C)C)C1CC=C(C)C. The zero-order valence-electron chi connectivity index (χ0n) is 11.4. The number of carbonyl (C=O) groups excluding carboxylic acids is 1. The second kappa shape index (κ2) is 6.01. The predicted octanol–water partition coefficient (Wildman–Crippen LogP) is 2.11. The molecule has 0 radical (unpaired) electrons. The van der Waals surface area contributed by atoms with E-state index in [1.54, 1.807) is 0 Å². The monoisotopic (exact) mass is 236 g/mol. The maximum absolute atomic E-state index is 11.3. The first-order valence-corrected chi connectivity index (χ1v) is 6.27. The van der Waals surface area contributed by atoms with Crippen LogP contribution in [0.2, 0.25) is 0 Å². The summed E-state index contributed by atoms with van der Waals surface area (Å²) in [6, 6.07) is 1.22. The lowest BCUT2D eigenvalue weighted by atomic mass is 9.90. The van der Waals surface area contributed by atoms with Gasteiger partial charge in [-0.25, -0.2) is 0 Å². The second-order valence-corrected chi connectivity index (χ2v) is 5.19. The summed E-state index contributed by atoms with van der Waals surface area (Å²) in [5.41, 5.74) is 1.33. The molecule has 1 aliphatic heterocycles. The highest BCUT2D eigenvalue weighted by Crippen LogP contribution is 2.24. The molecular formula is C14H24N2O. The van der Waals surface area contributed by atoms with Gasteiger partial charge in [0, 0.05) is 18.6 Å². The second-order valence-electron chi connectivity index (χ2n) is 5.19. The molecule has 1 fully saturated rings. The van der Waals surface area contributed by atoms with E-state index in [0.717, 1.165) is 13.0 Å². The summed E-state index contributed by atoms with van der Waals surface area (Å²) in [4.78, 5) is 13.7. The number of allylic oxidation sites excluding steroid dienone is 1. The van der Waals surface area contributed by atoms with E-state index in [0.29, 0.717) is 12.1 Å². The Morgan fingerprint density at radius 2 is 2.18 bits per heavy atom. The minimum Gasteiger partial charge on any atom is -0.347 e. The Balaban J connectivity index is 2.58. The molecule has 0 aliphatic carbocycles. The molecule has 0 bridgehead atoms. The van der Waals surface area contributed by atoms with E-state index in [4.69, 9.17) is 0 Å². The Morgan fingerprint density at radius 1 is 1.53 bits per heavy atom. The van der Waals surface area contributed by atoms with Crippen molar-refractivity contribution in [3.63, 3.8) is 0 Å². The number of nitrogens with one attached hydrogen (secondary N) is 1. The smallest absolute Gasteiger partial charge is 0.243 e. The highest BCUT2D eigenvalue weighted by Gasteiger charge is 2.39. The molecule has 1 amide bonds. The molecule has 1 heterocycles. The van der Waals surface area contributed by atoms with Crippen LogP contribution >= 0.6 is 0 Å². The van der Waals surface area contributed by atoms with Gasteiger partial charge in [0.05, 0.1) is 6.04 Å². The van der Waals surface area contributed by atoms with Gasteiger partial charge in [-0.15, -0.1) is 0 Å². The van der Waals surface area contributed by atoms with Crippen LogP contribution in [0, 0.1) is 0 Å². The molecule has 96 valence electrons. The third-order valence-corrected chi connectivity index (χ3v) is 3.24. The molecule has 3 heteroatoms.